The Kier molecular flexibility index (Phi) is 9.46. The van der Waals surface area contributed by atoms with Crippen molar-refractivity contribution in [2.75, 3.05) is 13.1 Å². The molecular weight excluding hydrogens is 312 g/mol. The smallest absolute Gasteiger partial charge is 0.407 e. The van der Waals surface area contributed by atoms with E-state index in [1.165, 1.54) is 0 Å². The highest BCUT2D eigenvalue weighted by molar-refractivity contribution is 6.76. The zero-order chi connectivity index (χ0) is 18.1. The summed E-state index contributed by atoms with van der Waals surface area (Å²) in [5, 5.41) is 15.0. The van der Waals surface area contributed by atoms with Crippen molar-refractivity contribution in [2.45, 2.75) is 77.4 Å². The number of carbonyl (C=O) groups is 2. The Morgan fingerprint density at radius 2 is 1.74 bits per heavy atom. The molecule has 23 heavy (non-hydrogen) atoms. The fourth-order valence-electron chi connectivity index (χ4n) is 1.91. The maximum absolute atomic E-state index is 11.5. The summed E-state index contributed by atoms with van der Waals surface area (Å²) in [6, 6.07) is 0.560. The zero-order valence-electron chi connectivity index (χ0n) is 15.5. The highest BCUT2D eigenvalue weighted by atomic mass is 28.3. The maximum Gasteiger partial charge on any atom is 0.407 e. The number of amides is 1. The first-order chi connectivity index (χ1) is 10.4. The lowest BCUT2D eigenvalue weighted by Gasteiger charge is -2.20. The summed E-state index contributed by atoms with van der Waals surface area (Å²) in [4.78, 5) is 22.7. The number of carboxylic acids is 1. The highest BCUT2D eigenvalue weighted by Crippen LogP contribution is 2.08. The van der Waals surface area contributed by atoms with Crippen LogP contribution in [-0.4, -0.2) is 50.0 Å². The quantitative estimate of drug-likeness (QED) is 0.418. The third kappa shape index (κ3) is 14.3. The largest absolute Gasteiger partial charge is 0.480 e. The average molecular weight is 347 g/mol. The molecule has 1 atom stereocenters. The standard InChI is InChI=1S/C16H34N2O4Si/c1-16(2,3)22-15(21)18-10-8-7-9-13(14(19)20)17-11-12-23(4,5)6/h13,17H,7-12H2,1-6H3,(H,18,21)(H,19,20)/t13-/m0/s1. The number of carboxylic acid groups (broad SMARTS) is 1. The minimum absolute atomic E-state index is 0.430. The zero-order valence-corrected chi connectivity index (χ0v) is 16.5. The molecule has 0 fully saturated rings. The molecule has 0 aliphatic carbocycles. The van der Waals surface area contributed by atoms with Gasteiger partial charge in [0.15, 0.2) is 0 Å². The molecule has 0 aromatic heterocycles. The third-order valence-electron chi connectivity index (χ3n) is 3.15. The Balaban J connectivity index is 3.89. The van der Waals surface area contributed by atoms with Crippen LogP contribution in [0.2, 0.25) is 25.7 Å². The Morgan fingerprint density at radius 1 is 1.13 bits per heavy atom. The second-order valence-electron chi connectivity index (χ2n) is 8.08. The van der Waals surface area contributed by atoms with Gasteiger partial charge in [-0.3, -0.25) is 4.79 Å². The van der Waals surface area contributed by atoms with Gasteiger partial charge in [-0.1, -0.05) is 19.6 Å². The number of hydrogen-bond acceptors (Lipinski definition) is 4. The van der Waals surface area contributed by atoms with Crippen LogP contribution in [0.4, 0.5) is 4.79 Å². The first kappa shape index (κ1) is 21.9. The average Bonchev–Trinajstić information content (AvgIpc) is 2.32. The molecule has 0 aliphatic rings. The minimum atomic E-state index is -1.15. The van der Waals surface area contributed by atoms with Gasteiger partial charge in [-0.15, -0.1) is 0 Å². The first-order valence-corrected chi connectivity index (χ1v) is 12.0. The van der Waals surface area contributed by atoms with Crippen molar-refractivity contribution >= 4 is 20.1 Å². The summed E-state index contributed by atoms with van der Waals surface area (Å²) >= 11 is 0. The molecule has 0 radical (unpaired) electrons. The predicted octanol–water partition coefficient (Wildman–Crippen LogP) is 3.06. The summed E-state index contributed by atoms with van der Waals surface area (Å²) < 4.78 is 5.14. The van der Waals surface area contributed by atoms with Gasteiger partial charge in [0, 0.05) is 14.6 Å². The van der Waals surface area contributed by atoms with Crippen molar-refractivity contribution in [1.82, 2.24) is 10.6 Å². The molecular formula is C16H34N2O4Si. The fraction of sp³-hybridized carbons (Fsp3) is 0.875. The van der Waals surface area contributed by atoms with E-state index in [0.29, 0.717) is 13.0 Å². The molecule has 1 amide bonds. The summed E-state index contributed by atoms with van der Waals surface area (Å²) in [5.41, 5.74) is -0.501. The van der Waals surface area contributed by atoms with Gasteiger partial charge in [0.1, 0.15) is 11.6 Å². The Hall–Kier alpha value is -1.08. The normalized spacial score (nSPS) is 13.5. The van der Waals surface area contributed by atoms with Crippen molar-refractivity contribution in [2.24, 2.45) is 0 Å². The first-order valence-electron chi connectivity index (χ1n) is 8.34. The fourth-order valence-corrected chi connectivity index (χ4v) is 2.81. The van der Waals surface area contributed by atoms with Gasteiger partial charge in [0.2, 0.25) is 0 Å². The van der Waals surface area contributed by atoms with Crippen LogP contribution in [0.3, 0.4) is 0 Å². The molecule has 0 bridgehead atoms. The molecule has 0 aromatic carbocycles. The molecule has 0 saturated carbocycles. The van der Waals surface area contributed by atoms with Crippen LogP contribution in [0.15, 0.2) is 0 Å². The van der Waals surface area contributed by atoms with E-state index in [9.17, 15) is 14.7 Å². The molecule has 0 spiro atoms. The second-order valence-corrected chi connectivity index (χ2v) is 13.7. The van der Waals surface area contributed by atoms with Crippen molar-refractivity contribution in [3.8, 4) is 0 Å². The van der Waals surface area contributed by atoms with E-state index >= 15 is 0 Å². The van der Waals surface area contributed by atoms with E-state index in [-0.39, 0.29) is 0 Å². The van der Waals surface area contributed by atoms with Gasteiger partial charge < -0.3 is 20.5 Å². The Morgan fingerprint density at radius 3 is 2.22 bits per heavy atom. The van der Waals surface area contributed by atoms with Crippen LogP contribution in [0.25, 0.3) is 0 Å². The van der Waals surface area contributed by atoms with E-state index < -0.39 is 31.8 Å². The molecule has 0 aliphatic heterocycles. The molecule has 0 heterocycles. The lowest BCUT2D eigenvalue weighted by atomic mass is 10.1. The molecule has 3 N–H and O–H groups in total. The number of carbonyl (C=O) groups excluding carboxylic acids is 1. The molecule has 136 valence electrons. The maximum atomic E-state index is 11.5. The van der Waals surface area contributed by atoms with Crippen LogP contribution in [0.1, 0.15) is 40.0 Å². The summed E-state index contributed by atoms with van der Waals surface area (Å²) in [5.74, 6) is -0.805. The Bertz CT molecular complexity index is 375. The van der Waals surface area contributed by atoms with Gasteiger partial charge in [-0.25, -0.2) is 4.79 Å². The van der Waals surface area contributed by atoms with Crippen molar-refractivity contribution in [3.63, 3.8) is 0 Å². The molecule has 7 heteroatoms. The molecule has 6 nitrogen and oxygen atoms in total. The number of hydrogen-bond donors (Lipinski definition) is 3. The van der Waals surface area contributed by atoms with E-state index in [1.807, 2.05) is 20.8 Å². The lowest BCUT2D eigenvalue weighted by Crippen LogP contribution is -2.39. The Labute approximate surface area is 141 Å². The van der Waals surface area contributed by atoms with E-state index in [1.54, 1.807) is 0 Å². The van der Waals surface area contributed by atoms with E-state index in [4.69, 9.17) is 4.74 Å². The lowest BCUT2D eigenvalue weighted by molar-refractivity contribution is -0.139. The SMILES string of the molecule is CC(C)(C)OC(=O)NCCCC[C@H](NCC[Si](C)(C)C)C(=O)O. The number of nitrogens with one attached hydrogen (secondary N) is 2. The molecule has 0 unspecified atom stereocenters. The van der Waals surface area contributed by atoms with Crippen LogP contribution in [0.5, 0.6) is 0 Å². The number of alkyl carbamates (subject to hydrolysis) is 1. The van der Waals surface area contributed by atoms with Gasteiger partial charge in [0.05, 0.1) is 0 Å². The van der Waals surface area contributed by atoms with E-state index in [2.05, 4.69) is 30.3 Å². The number of rotatable bonds is 10. The summed E-state index contributed by atoms with van der Waals surface area (Å²) in [6.07, 6.45) is 1.61. The second kappa shape index (κ2) is 9.92. The predicted molar refractivity (Wildman–Crippen MR) is 95.7 cm³/mol. The third-order valence-corrected chi connectivity index (χ3v) is 4.90. The molecule has 0 rings (SSSR count). The van der Waals surface area contributed by atoms with E-state index in [0.717, 1.165) is 25.4 Å². The van der Waals surface area contributed by atoms with Crippen LogP contribution in [-0.2, 0) is 9.53 Å². The van der Waals surface area contributed by atoms with Crippen molar-refractivity contribution in [3.05, 3.63) is 0 Å². The van der Waals surface area contributed by atoms with Gasteiger partial charge >= 0.3 is 12.1 Å². The molecule has 0 aromatic rings. The van der Waals surface area contributed by atoms with Crippen LogP contribution in [0, 0.1) is 0 Å². The number of ether oxygens (including phenoxy) is 1. The van der Waals surface area contributed by atoms with Gasteiger partial charge in [-0.2, -0.15) is 0 Å². The van der Waals surface area contributed by atoms with Gasteiger partial charge in [-0.05, 0) is 52.6 Å². The topological polar surface area (TPSA) is 87.7 Å². The molecule has 0 saturated heterocycles. The number of unbranched alkanes of at least 4 members (excludes halogenated alkanes) is 1. The monoisotopic (exact) mass is 346 g/mol. The summed E-state index contributed by atoms with van der Waals surface area (Å²) in [6.45, 7) is 13.5. The van der Waals surface area contributed by atoms with Crippen molar-refractivity contribution in [1.29, 1.82) is 0 Å². The van der Waals surface area contributed by atoms with Crippen molar-refractivity contribution < 1.29 is 19.4 Å². The van der Waals surface area contributed by atoms with Crippen LogP contribution >= 0.6 is 0 Å². The highest BCUT2D eigenvalue weighted by Gasteiger charge is 2.19. The minimum Gasteiger partial charge on any atom is -0.480 e. The summed E-state index contributed by atoms with van der Waals surface area (Å²) in [7, 11) is -1.15. The number of aliphatic carboxylic acids is 1. The van der Waals surface area contributed by atoms with Crippen LogP contribution < -0.4 is 10.6 Å². The van der Waals surface area contributed by atoms with Gasteiger partial charge in [0.25, 0.3) is 0 Å².